The summed E-state index contributed by atoms with van der Waals surface area (Å²) in [5, 5.41) is 17.7. The molecule has 0 aliphatic carbocycles. The smallest absolute Gasteiger partial charge is 0.165 e. The Morgan fingerprint density at radius 3 is 2.62 bits per heavy atom. The summed E-state index contributed by atoms with van der Waals surface area (Å²) in [6.07, 6.45) is -3.33. The minimum atomic E-state index is -5.10. The van der Waals surface area contributed by atoms with Crippen molar-refractivity contribution in [1.29, 1.82) is 0 Å². The molecule has 1 fully saturated rings. The van der Waals surface area contributed by atoms with E-state index in [2.05, 4.69) is 4.52 Å². The molecule has 1 aliphatic heterocycles. The molecule has 3 atom stereocenters. The molecule has 0 radical (unpaired) electrons. The van der Waals surface area contributed by atoms with E-state index >= 15 is 0 Å². The number of aliphatic hydroxyl groups is 2. The second-order valence-electron chi connectivity index (χ2n) is 2.64. The fraction of sp³-hybridized carbons (Fsp3) is 1.00. The SMILES string of the molecule is O=P([O-])([O-])O[C@@H]1C[C@@H](O)[C@@H](CO)O1. The number of phosphoric acid groups is 1. The Bertz CT molecular complexity index is 213. The van der Waals surface area contributed by atoms with Gasteiger partial charge in [-0.15, -0.1) is 0 Å². The molecule has 0 aromatic rings. The van der Waals surface area contributed by atoms with E-state index in [4.69, 9.17) is 14.9 Å². The normalized spacial score (nSPS) is 35.2. The first-order valence-electron chi connectivity index (χ1n) is 3.57. The first-order chi connectivity index (χ1) is 5.92. The highest BCUT2D eigenvalue weighted by molar-refractivity contribution is 7.43. The fourth-order valence-corrected chi connectivity index (χ4v) is 1.49. The summed E-state index contributed by atoms with van der Waals surface area (Å²) in [7, 11) is -5.10. The van der Waals surface area contributed by atoms with Crippen LogP contribution in [0.25, 0.3) is 0 Å². The average molecular weight is 212 g/mol. The van der Waals surface area contributed by atoms with Crippen molar-refractivity contribution in [2.75, 3.05) is 6.61 Å². The van der Waals surface area contributed by atoms with Gasteiger partial charge in [0.05, 0.1) is 20.5 Å². The lowest BCUT2D eigenvalue weighted by Crippen LogP contribution is -2.25. The maximum Gasteiger partial charge on any atom is 0.165 e. The summed E-state index contributed by atoms with van der Waals surface area (Å²) in [6, 6.07) is 0. The van der Waals surface area contributed by atoms with Crippen molar-refractivity contribution in [2.45, 2.75) is 24.9 Å². The minimum absolute atomic E-state index is 0.139. The van der Waals surface area contributed by atoms with Crippen molar-refractivity contribution in [2.24, 2.45) is 0 Å². The highest BCUT2D eigenvalue weighted by Crippen LogP contribution is 2.33. The second-order valence-corrected chi connectivity index (χ2v) is 3.75. The van der Waals surface area contributed by atoms with E-state index < -0.39 is 32.9 Å². The Kier molecular flexibility index (Phi) is 3.42. The molecule has 1 aliphatic rings. The summed E-state index contributed by atoms with van der Waals surface area (Å²) < 4.78 is 18.8. The Morgan fingerprint density at radius 2 is 2.23 bits per heavy atom. The van der Waals surface area contributed by atoms with Gasteiger partial charge in [-0.1, -0.05) is 0 Å². The number of phosphoric ester groups is 1. The number of ether oxygens (including phenoxy) is 1. The standard InChI is InChI=1S/C5H11O7P/c6-2-4-3(7)1-5(11-4)12-13(8,9)10/h3-7H,1-2H2,(H2,8,9,10)/p-2/t3-,4-,5-/m1/s1. The molecule has 7 nitrogen and oxygen atoms in total. The molecular weight excluding hydrogens is 203 g/mol. The highest BCUT2D eigenvalue weighted by Gasteiger charge is 2.34. The molecule has 0 amide bonds. The Morgan fingerprint density at radius 1 is 1.62 bits per heavy atom. The van der Waals surface area contributed by atoms with Gasteiger partial charge in [0.2, 0.25) is 0 Å². The molecule has 0 aromatic carbocycles. The molecule has 0 aromatic heterocycles. The summed E-state index contributed by atoms with van der Waals surface area (Å²) in [5.74, 6) is 0. The maximum atomic E-state index is 10.1. The zero-order valence-electron chi connectivity index (χ0n) is 6.53. The fourth-order valence-electron chi connectivity index (χ4n) is 1.07. The van der Waals surface area contributed by atoms with Crippen LogP contribution in [0, 0.1) is 0 Å². The van der Waals surface area contributed by atoms with Crippen LogP contribution in [0.3, 0.4) is 0 Å². The third-order valence-corrected chi connectivity index (χ3v) is 2.11. The van der Waals surface area contributed by atoms with Crippen molar-refractivity contribution >= 4 is 7.82 Å². The van der Waals surface area contributed by atoms with Gasteiger partial charge in [0.1, 0.15) is 6.10 Å². The largest absolute Gasteiger partial charge is 0.790 e. The topological polar surface area (TPSA) is 122 Å². The molecule has 2 N–H and O–H groups in total. The zero-order chi connectivity index (χ0) is 10.1. The van der Waals surface area contributed by atoms with Crippen molar-refractivity contribution in [3.8, 4) is 0 Å². The van der Waals surface area contributed by atoms with Crippen molar-refractivity contribution in [3.63, 3.8) is 0 Å². The third-order valence-electron chi connectivity index (χ3n) is 1.62. The van der Waals surface area contributed by atoms with Gasteiger partial charge in [-0.3, -0.25) is 0 Å². The molecule has 1 heterocycles. The van der Waals surface area contributed by atoms with Crippen LogP contribution in [-0.4, -0.2) is 35.3 Å². The van der Waals surface area contributed by atoms with E-state index in [1.807, 2.05) is 0 Å². The van der Waals surface area contributed by atoms with Crippen molar-refractivity contribution in [3.05, 3.63) is 0 Å². The zero-order valence-corrected chi connectivity index (χ0v) is 7.42. The van der Waals surface area contributed by atoms with Crippen LogP contribution >= 0.6 is 7.82 Å². The number of rotatable bonds is 3. The van der Waals surface area contributed by atoms with Crippen molar-refractivity contribution in [1.82, 2.24) is 0 Å². The maximum absolute atomic E-state index is 10.1. The van der Waals surface area contributed by atoms with Crippen LogP contribution in [0.5, 0.6) is 0 Å². The highest BCUT2D eigenvalue weighted by atomic mass is 31.2. The van der Waals surface area contributed by atoms with Gasteiger partial charge in [-0.05, 0) is 0 Å². The molecule has 0 saturated carbocycles. The van der Waals surface area contributed by atoms with Crippen LogP contribution in [0.4, 0.5) is 0 Å². The van der Waals surface area contributed by atoms with E-state index in [9.17, 15) is 14.4 Å². The summed E-state index contributed by atoms with van der Waals surface area (Å²) in [6.45, 7) is -0.455. The van der Waals surface area contributed by atoms with Gasteiger partial charge in [0.25, 0.3) is 0 Å². The lowest BCUT2D eigenvalue weighted by atomic mass is 10.2. The average Bonchev–Trinajstić information content (AvgIpc) is 2.26. The van der Waals surface area contributed by atoms with E-state index in [1.165, 1.54) is 0 Å². The van der Waals surface area contributed by atoms with Crippen LogP contribution in [-0.2, 0) is 13.8 Å². The first-order valence-corrected chi connectivity index (χ1v) is 5.03. The van der Waals surface area contributed by atoms with Gasteiger partial charge in [-0.25, -0.2) is 0 Å². The minimum Gasteiger partial charge on any atom is -0.790 e. The van der Waals surface area contributed by atoms with Gasteiger partial charge < -0.3 is 33.8 Å². The van der Waals surface area contributed by atoms with Crippen LogP contribution < -0.4 is 9.79 Å². The summed E-state index contributed by atoms with van der Waals surface area (Å²) in [5.41, 5.74) is 0. The predicted molar refractivity (Wildman–Crippen MR) is 35.1 cm³/mol. The quantitative estimate of drug-likeness (QED) is 0.488. The number of hydrogen-bond acceptors (Lipinski definition) is 7. The number of aliphatic hydroxyl groups excluding tert-OH is 2. The second kappa shape index (κ2) is 4.02. The molecule has 1 saturated heterocycles. The first kappa shape index (κ1) is 11.1. The lowest BCUT2D eigenvalue weighted by Gasteiger charge is -2.31. The van der Waals surface area contributed by atoms with E-state index in [1.54, 1.807) is 0 Å². The molecule has 0 unspecified atom stereocenters. The molecular formula is C5H9O7P-2. The molecule has 0 bridgehead atoms. The summed E-state index contributed by atoms with van der Waals surface area (Å²) >= 11 is 0. The van der Waals surface area contributed by atoms with Crippen LogP contribution in [0.15, 0.2) is 0 Å². The monoisotopic (exact) mass is 212 g/mol. The molecule has 1 rings (SSSR count). The van der Waals surface area contributed by atoms with Crippen LogP contribution in [0.1, 0.15) is 6.42 Å². The predicted octanol–water partition coefficient (Wildman–Crippen LogP) is -2.70. The third kappa shape index (κ3) is 3.32. The lowest BCUT2D eigenvalue weighted by molar-refractivity contribution is -0.352. The Hall–Kier alpha value is -0.0100. The van der Waals surface area contributed by atoms with Crippen LogP contribution in [0.2, 0.25) is 0 Å². The van der Waals surface area contributed by atoms with Gasteiger partial charge >= 0.3 is 0 Å². The van der Waals surface area contributed by atoms with Gasteiger partial charge in [0.15, 0.2) is 6.29 Å². The Balaban J connectivity index is 2.45. The molecule has 13 heavy (non-hydrogen) atoms. The van der Waals surface area contributed by atoms with Gasteiger partial charge in [-0.2, -0.15) is 0 Å². The molecule has 8 heteroatoms. The molecule has 78 valence electrons. The van der Waals surface area contributed by atoms with E-state index in [0.29, 0.717) is 0 Å². The Labute approximate surface area is 74.1 Å². The van der Waals surface area contributed by atoms with Crippen molar-refractivity contribution < 1.29 is 33.8 Å². The van der Waals surface area contributed by atoms with Gasteiger partial charge in [0, 0.05) is 6.42 Å². The van der Waals surface area contributed by atoms with E-state index in [-0.39, 0.29) is 6.42 Å². The molecule has 0 spiro atoms. The number of hydrogen-bond donors (Lipinski definition) is 2. The van der Waals surface area contributed by atoms with E-state index in [0.717, 1.165) is 0 Å². The summed E-state index contributed by atoms with van der Waals surface area (Å²) in [4.78, 5) is 20.2.